The van der Waals surface area contributed by atoms with Crippen molar-refractivity contribution in [2.75, 3.05) is 7.05 Å². The van der Waals surface area contributed by atoms with Gasteiger partial charge in [-0.1, -0.05) is 9.95 Å². The Bertz CT molecular complexity index is 795. The number of pyridine rings is 1. The van der Waals surface area contributed by atoms with E-state index in [2.05, 4.69) is 14.5 Å². The summed E-state index contributed by atoms with van der Waals surface area (Å²) in [6, 6.07) is 8.29. The summed E-state index contributed by atoms with van der Waals surface area (Å²) < 4.78 is 42.9. The molecule has 22 heavy (non-hydrogen) atoms. The number of aromatic nitrogens is 1. The predicted octanol–water partition coefficient (Wildman–Crippen LogP) is 1.83. The van der Waals surface area contributed by atoms with Gasteiger partial charge in [-0.3, -0.25) is 9.78 Å². The number of halogens is 1. The molecule has 0 aliphatic carbocycles. The van der Waals surface area contributed by atoms with Crippen molar-refractivity contribution < 1.29 is 26.0 Å². The number of amides is 1. The molecule has 9 heteroatoms. The summed E-state index contributed by atoms with van der Waals surface area (Å²) in [6.07, 6.45) is 1.38. The largest absolute Gasteiger partial charge is 0.488 e. The molecule has 0 unspecified atom stereocenters. The fraction of sp³-hybridized carbons (Fsp3) is 0.0769. The van der Waals surface area contributed by atoms with Crippen LogP contribution in [-0.2, 0) is 10.5 Å². The predicted molar refractivity (Wildman–Crippen MR) is 74.8 cm³/mol. The summed E-state index contributed by atoms with van der Waals surface area (Å²) in [6.45, 7) is 0. The number of nitrogens with zero attached hydrogens (tertiary/aromatic N) is 1. The van der Waals surface area contributed by atoms with E-state index in [9.17, 15) is 17.1 Å². The molecule has 1 aromatic heterocycles. The first kappa shape index (κ1) is 15.7. The molecule has 2 rings (SSSR count). The minimum Gasteiger partial charge on any atom is -0.457 e. The fourth-order valence-electron chi connectivity index (χ4n) is 1.57. The molecular formula is C13H11FN2O5S. The van der Waals surface area contributed by atoms with Crippen LogP contribution in [0.4, 0.5) is 3.89 Å². The highest BCUT2D eigenvalue weighted by Crippen LogP contribution is 2.26. The molecule has 1 heterocycles. The van der Waals surface area contributed by atoms with Crippen LogP contribution in [0.15, 0.2) is 42.6 Å². The van der Waals surface area contributed by atoms with E-state index >= 15 is 0 Å². The topological polar surface area (TPSA) is 94.6 Å². The Balaban J connectivity index is 2.20. The van der Waals surface area contributed by atoms with Crippen LogP contribution in [0.5, 0.6) is 17.2 Å². The van der Waals surface area contributed by atoms with Crippen molar-refractivity contribution in [1.82, 2.24) is 10.3 Å². The number of ether oxygens (including phenoxy) is 1. The Kier molecular flexibility index (Phi) is 4.56. The Hall–Kier alpha value is -2.68. The molecule has 0 aliphatic heterocycles. The molecule has 0 bridgehead atoms. The van der Waals surface area contributed by atoms with Crippen LogP contribution < -0.4 is 14.2 Å². The number of rotatable bonds is 5. The average molecular weight is 326 g/mol. The number of carbonyl (C=O) groups excluding carboxylic acids is 1. The summed E-state index contributed by atoms with van der Waals surface area (Å²) >= 11 is 0. The zero-order valence-corrected chi connectivity index (χ0v) is 12.1. The molecule has 116 valence electrons. The molecule has 0 spiro atoms. The number of nitrogens with one attached hydrogen (secondary N) is 1. The van der Waals surface area contributed by atoms with E-state index in [0.29, 0.717) is 5.75 Å². The Morgan fingerprint density at radius 2 is 1.86 bits per heavy atom. The van der Waals surface area contributed by atoms with Crippen molar-refractivity contribution in [3.63, 3.8) is 0 Å². The fourth-order valence-corrected chi connectivity index (χ4v) is 1.90. The molecule has 2 aromatic rings. The SMILES string of the molecule is CNC(=O)c1cc(Oc2cccc(OS(=O)(=O)F)c2)ccn1. The first-order chi connectivity index (χ1) is 10.4. The summed E-state index contributed by atoms with van der Waals surface area (Å²) in [7, 11) is -3.64. The first-order valence-electron chi connectivity index (χ1n) is 5.97. The third-order valence-electron chi connectivity index (χ3n) is 2.43. The van der Waals surface area contributed by atoms with Crippen LogP contribution >= 0.6 is 0 Å². The van der Waals surface area contributed by atoms with Gasteiger partial charge in [0, 0.05) is 25.4 Å². The number of hydrogen-bond acceptors (Lipinski definition) is 6. The van der Waals surface area contributed by atoms with E-state index in [1.807, 2.05) is 0 Å². The zero-order valence-electron chi connectivity index (χ0n) is 11.3. The number of hydrogen-bond donors (Lipinski definition) is 1. The second kappa shape index (κ2) is 6.39. The standard InChI is InChI=1S/C13H11FN2O5S/c1-15-13(17)12-8-10(5-6-16-12)20-9-3-2-4-11(7-9)21-22(14,18)19/h2-8H,1H3,(H,15,17). The minimum atomic E-state index is -5.11. The summed E-state index contributed by atoms with van der Waals surface area (Å²) in [4.78, 5) is 15.3. The lowest BCUT2D eigenvalue weighted by atomic mass is 10.3. The Morgan fingerprint density at radius 1 is 1.18 bits per heavy atom. The highest BCUT2D eigenvalue weighted by atomic mass is 32.3. The van der Waals surface area contributed by atoms with Crippen molar-refractivity contribution in [3.05, 3.63) is 48.3 Å². The van der Waals surface area contributed by atoms with E-state index in [0.717, 1.165) is 0 Å². The molecule has 1 amide bonds. The molecule has 0 atom stereocenters. The lowest BCUT2D eigenvalue weighted by Gasteiger charge is -2.08. The lowest BCUT2D eigenvalue weighted by molar-refractivity contribution is 0.0958. The van der Waals surface area contributed by atoms with Gasteiger partial charge < -0.3 is 14.2 Å². The third kappa shape index (κ3) is 4.42. The highest BCUT2D eigenvalue weighted by molar-refractivity contribution is 7.81. The van der Waals surface area contributed by atoms with Gasteiger partial charge in [0.15, 0.2) is 0 Å². The van der Waals surface area contributed by atoms with Gasteiger partial charge in [0.2, 0.25) is 0 Å². The van der Waals surface area contributed by atoms with Crippen molar-refractivity contribution in [2.24, 2.45) is 0 Å². The van der Waals surface area contributed by atoms with Crippen LogP contribution in [0.2, 0.25) is 0 Å². The highest BCUT2D eigenvalue weighted by Gasteiger charge is 2.11. The molecule has 0 radical (unpaired) electrons. The van der Waals surface area contributed by atoms with Gasteiger partial charge >= 0.3 is 10.5 Å². The number of carbonyl (C=O) groups is 1. The smallest absolute Gasteiger partial charge is 0.457 e. The van der Waals surface area contributed by atoms with Gasteiger partial charge in [-0.25, -0.2) is 0 Å². The molecule has 1 aromatic carbocycles. The Morgan fingerprint density at radius 3 is 2.55 bits per heavy atom. The van der Waals surface area contributed by atoms with Gasteiger partial charge in [-0.05, 0) is 18.2 Å². The maximum atomic E-state index is 12.5. The molecule has 0 fully saturated rings. The zero-order chi connectivity index (χ0) is 16.2. The van der Waals surface area contributed by atoms with E-state index < -0.39 is 10.5 Å². The second-order valence-electron chi connectivity index (χ2n) is 4.01. The van der Waals surface area contributed by atoms with Gasteiger partial charge in [0.25, 0.3) is 5.91 Å². The van der Waals surface area contributed by atoms with Gasteiger partial charge in [0.05, 0.1) is 0 Å². The van der Waals surface area contributed by atoms with Crippen LogP contribution in [-0.4, -0.2) is 26.4 Å². The summed E-state index contributed by atoms with van der Waals surface area (Å²) in [5.74, 6) is -0.115. The van der Waals surface area contributed by atoms with Gasteiger partial charge in [0.1, 0.15) is 22.9 Å². The first-order valence-corrected chi connectivity index (χ1v) is 7.28. The molecular weight excluding hydrogens is 315 g/mol. The third-order valence-corrected chi connectivity index (χ3v) is 2.82. The normalized spacial score (nSPS) is 10.8. The van der Waals surface area contributed by atoms with E-state index in [1.165, 1.54) is 49.6 Å². The van der Waals surface area contributed by atoms with Crippen molar-refractivity contribution in [1.29, 1.82) is 0 Å². The number of benzene rings is 1. The Labute approximate surface area is 126 Å². The van der Waals surface area contributed by atoms with Gasteiger partial charge in [-0.2, -0.15) is 8.42 Å². The van der Waals surface area contributed by atoms with Gasteiger partial charge in [-0.15, -0.1) is 0 Å². The molecule has 7 nitrogen and oxygen atoms in total. The van der Waals surface area contributed by atoms with Crippen molar-refractivity contribution in [3.8, 4) is 17.2 Å². The van der Waals surface area contributed by atoms with E-state index in [4.69, 9.17) is 4.74 Å². The maximum absolute atomic E-state index is 12.5. The van der Waals surface area contributed by atoms with Crippen LogP contribution in [0.25, 0.3) is 0 Å². The minimum absolute atomic E-state index is 0.152. The lowest BCUT2D eigenvalue weighted by Crippen LogP contribution is -2.18. The summed E-state index contributed by atoms with van der Waals surface area (Å²) in [5.41, 5.74) is 0.152. The maximum Gasteiger partial charge on any atom is 0.488 e. The molecule has 1 N–H and O–H groups in total. The van der Waals surface area contributed by atoms with Crippen LogP contribution in [0, 0.1) is 0 Å². The molecule has 0 saturated carbocycles. The van der Waals surface area contributed by atoms with E-state index in [1.54, 1.807) is 0 Å². The monoisotopic (exact) mass is 326 g/mol. The van der Waals surface area contributed by atoms with Crippen LogP contribution in [0.1, 0.15) is 10.5 Å². The van der Waals surface area contributed by atoms with Crippen LogP contribution in [0.3, 0.4) is 0 Å². The van der Waals surface area contributed by atoms with Crippen molar-refractivity contribution in [2.45, 2.75) is 0 Å². The molecule has 0 saturated heterocycles. The molecule has 0 aliphatic rings. The second-order valence-corrected chi connectivity index (χ2v) is 4.96. The summed E-state index contributed by atoms with van der Waals surface area (Å²) in [5, 5.41) is 2.42. The van der Waals surface area contributed by atoms with E-state index in [-0.39, 0.29) is 23.1 Å². The quantitative estimate of drug-likeness (QED) is 0.842. The average Bonchev–Trinajstić information content (AvgIpc) is 2.45. The van der Waals surface area contributed by atoms with Crippen molar-refractivity contribution >= 4 is 16.4 Å².